The number of rotatable bonds is 9. The minimum Gasteiger partial charge on any atom is -0.307 e. The van der Waals surface area contributed by atoms with Gasteiger partial charge in [0.05, 0.1) is 0 Å². The number of hydrogen-bond acceptors (Lipinski definition) is 3. The highest BCUT2D eigenvalue weighted by molar-refractivity contribution is 7.87. The smallest absolute Gasteiger partial charge is 0.307 e. The number of nitrogens with zero attached hydrogens (tertiary/aromatic N) is 1. The van der Waals surface area contributed by atoms with Crippen molar-refractivity contribution in [3.05, 3.63) is 29.3 Å². The average Bonchev–Trinajstić information content (AvgIpc) is 2.54. The fourth-order valence-corrected chi connectivity index (χ4v) is 3.92. The van der Waals surface area contributed by atoms with Crippen LogP contribution in [0.2, 0.25) is 0 Å². The zero-order valence-corrected chi connectivity index (χ0v) is 17.6. The molecule has 0 aromatic heterocycles. The number of unbranched alkanes of at least 4 members (excludes halogenated alkanes) is 1. The lowest BCUT2D eigenvalue weighted by Gasteiger charge is -2.23. The van der Waals surface area contributed by atoms with Crippen LogP contribution in [0.25, 0.3) is 0 Å². The first-order valence-corrected chi connectivity index (χ1v) is 10.8. The Morgan fingerprint density at radius 3 is 2.04 bits per heavy atom. The van der Waals surface area contributed by atoms with Crippen molar-refractivity contribution in [2.75, 3.05) is 18.4 Å². The molecule has 0 atom stereocenters. The highest BCUT2D eigenvalue weighted by atomic mass is 32.2. The van der Waals surface area contributed by atoms with Crippen molar-refractivity contribution in [3.63, 3.8) is 0 Å². The predicted molar refractivity (Wildman–Crippen MR) is 108 cm³/mol. The Kier molecular flexibility index (Phi) is 8.56. The quantitative estimate of drug-likeness (QED) is 0.662. The summed E-state index contributed by atoms with van der Waals surface area (Å²) in [5.74, 6) is 0.412. The van der Waals surface area contributed by atoms with E-state index in [0.717, 1.165) is 24.0 Å². The Labute approximate surface area is 158 Å². The van der Waals surface area contributed by atoms with Gasteiger partial charge in [-0.3, -0.25) is 0 Å². The van der Waals surface area contributed by atoms with Crippen LogP contribution in [-0.2, 0) is 10.2 Å². The van der Waals surface area contributed by atoms with E-state index in [1.807, 2.05) is 52.8 Å². The molecule has 0 saturated carbocycles. The van der Waals surface area contributed by atoms with Crippen molar-refractivity contribution in [3.8, 4) is 0 Å². The fraction of sp³-hybridized carbons (Fsp3) is 0.632. The third kappa shape index (κ3) is 5.99. The number of hydrogen-bond donors (Lipinski definition) is 2. The van der Waals surface area contributed by atoms with Crippen LogP contribution < -0.4 is 10.0 Å². The van der Waals surface area contributed by atoms with Crippen molar-refractivity contribution < 1.29 is 13.2 Å². The number of nitrogens with one attached hydrogen (secondary N) is 2. The second kappa shape index (κ2) is 9.92. The molecule has 1 rings (SSSR count). The summed E-state index contributed by atoms with van der Waals surface area (Å²) in [4.78, 5) is 12.4. The van der Waals surface area contributed by atoms with Gasteiger partial charge in [-0.15, -0.1) is 0 Å². The van der Waals surface area contributed by atoms with E-state index < -0.39 is 16.2 Å². The summed E-state index contributed by atoms with van der Waals surface area (Å²) in [5, 5.41) is 2.78. The molecule has 0 unspecified atom stereocenters. The predicted octanol–water partition coefficient (Wildman–Crippen LogP) is 4.42. The lowest BCUT2D eigenvalue weighted by molar-refractivity contribution is 0.255. The largest absolute Gasteiger partial charge is 0.333 e. The number of anilines is 1. The molecule has 0 spiro atoms. The van der Waals surface area contributed by atoms with Crippen LogP contribution in [0.4, 0.5) is 10.5 Å². The van der Waals surface area contributed by atoms with Gasteiger partial charge in [-0.2, -0.15) is 12.7 Å². The van der Waals surface area contributed by atoms with E-state index in [4.69, 9.17) is 0 Å². The molecule has 1 aromatic rings. The van der Waals surface area contributed by atoms with Gasteiger partial charge in [0.15, 0.2) is 0 Å². The number of carbonyl (C=O) groups excluding carboxylic acids is 1. The second-order valence-electron chi connectivity index (χ2n) is 7.03. The van der Waals surface area contributed by atoms with Gasteiger partial charge < -0.3 is 5.32 Å². The van der Waals surface area contributed by atoms with Crippen molar-refractivity contribution in [1.82, 2.24) is 9.03 Å². The van der Waals surface area contributed by atoms with Crippen molar-refractivity contribution in [2.45, 2.75) is 66.2 Å². The van der Waals surface area contributed by atoms with Gasteiger partial charge >= 0.3 is 16.2 Å². The monoisotopic (exact) mass is 383 g/mol. The summed E-state index contributed by atoms with van der Waals surface area (Å²) < 4.78 is 28.4. The number of benzene rings is 1. The summed E-state index contributed by atoms with van der Waals surface area (Å²) in [5.41, 5.74) is 2.67. The minimum absolute atomic E-state index is 0.206. The Balaban J connectivity index is 3.04. The van der Waals surface area contributed by atoms with Crippen LogP contribution in [0, 0.1) is 0 Å². The number of para-hydroxylation sites is 1. The molecule has 0 aliphatic heterocycles. The molecular weight excluding hydrogens is 350 g/mol. The lowest BCUT2D eigenvalue weighted by atomic mass is 9.93. The Morgan fingerprint density at radius 2 is 1.62 bits per heavy atom. The molecule has 0 aliphatic rings. The molecule has 0 heterocycles. The molecule has 0 aliphatic carbocycles. The van der Waals surface area contributed by atoms with Crippen LogP contribution in [0.15, 0.2) is 18.2 Å². The van der Waals surface area contributed by atoms with Crippen LogP contribution in [0.1, 0.15) is 77.3 Å². The minimum atomic E-state index is -3.86. The molecule has 6 nitrogen and oxygen atoms in total. The SMILES string of the molecule is CCCCN(CC)S(=O)(=O)NC(=O)Nc1c(C(C)C)cccc1C(C)C. The molecule has 0 radical (unpaired) electrons. The number of carbonyl (C=O) groups is 1. The van der Waals surface area contributed by atoms with Gasteiger partial charge in [0.25, 0.3) is 0 Å². The Morgan fingerprint density at radius 1 is 1.08 bits per heavy atom. The topological polar surface area (TPSA) is 78.5 Å². The Hall–Kier alpha value is -1.60. The molecule has 26 heavy (non-hydrogen) atoms. The van der Waals surface area contributed by atoms with Crippen molar-refractivity contribution in [1.29, 1.82) is 0 Å². The molecule has 2 amide bonds. The van der Waals surface area contributed by atoms with Gasteiger partial charge in [0, 0.05) is 18.8 Å². The molecule has 7 heteroatoms. The molecule has 0 bridgehead atoms. The number of urea groups is 1. The van der Waals surface area contributed by atoms with Gasteiger partial charge in [-0.25, -0.2) is 9.52 Å². The summed E-state index contributed by atoms with van der Waals surface area (Å²) in [7, 11) is -3.86. The summed E-state index contributed by atoms with van der Waals surface area (Å²) in [6.45, 7) is 12.7. The second-order valence-corrected chi connectivity index (χ2v) is 8.70. The molecule has 148 valence electrons. The standard InChI is InChI=1S/C19H33N3O3S/c1-7-9-13-22(8-2)26(24,25)21-19(23)20-18-16(14(3)4)11-10-12-17(18)15(5)6/h10-12,14-15H,7-9,13H2,1-6H3,(H2,20,21,23). The third-order valence-electron chi connectivity index (χ3n) is 4.29. The van der Waals surface area contributed by atoms with Crippen LogP contribution in [0.5, 0.6) is 0 Å². The van der Waals surface area contributed by atoms with E-state index in [1.54, 1.807) is 6.92 Å². The summed E-state index contributed by atoms with van der Waals surface area (Å²) in [6.07, 6.45) is 1.64. The zero-order valence-electron chi connectivity index (χ0n) is 16.8. The van der Waals surface area contributed by atoms with Crippen LogP contribution >= 0.6 is 0 Å². The van der Waals surface area contributed by atoms with Gasteiger partial charge in [-0.05, 0) is 29.4 Å². The van der Waals surface area contributed by atoms with Gasteiger partial charge in [-0.1, -0.05) is 66.2 Å². The molecule has 0 fully saturated rings. The summed E-state index contributed by atoms with van der Waals surface area (Å²) in [6, 6.07) is 5.16. The van der Waals surface area contributed by atoms with E-state index in [-0.39, 0.29) is 11.8 Å². The Bertz CT molecular complexity index is 674. The third-order valence-corrected chi connectivity index (χ3v) is 5.85. The number of amides is 2. The van der Waals surface area contributed by atoms with Crippen LogP contribution in [-0.4, -0.2) is 31.8 Å². The average molecular weight is 384 g/mol. The fourth-order valence-electron chi connectivity index (χ4n) is 2.80. The zero-order chi connectivity index (χ0) is 19.9. The van der Waals surface area contributed by atoms with E-state index in [9.17, 15) is 13.2 Å². The van der Waals surface area contributed by atoms with Crippen molar-refractivity contribution >= 4 is 21.9 Å². The highest BCUT2D eigenvalue weighted by Crippen LogP contribution is 2.32. The molecule has 2 N–H and O–H groups in total. The van der Waals surface area contributed by atoms with E-state index in [1.165, 1.54) is 4.31 Å². The van der Waals surface area contributed by atoms with E-state index in [0.29, 0.717) is 18.8 Å². The highest BCUT2D eigenvalue weighted by Gasteiger charge is 2.24. The van der Waals surface area contributed by atoms with Crippen LogP contribution in [0.3, 0.4) is 0 Å². The first-order valence-electron chi connectivity index (χ1n) is 9.35. The maximum Gasteiger partial charge on any atom is 0.333 e. The van der Waals surface area contributed by atoms with E-state index >= 15 is 0 Å². The maximum absolute atomic E-state index is 12.5. The maximum atomic E-state index is 12.5. The van der Waals surface area contributed by atoms with Gasteiger partial charge in [0.2, 0.25) is 0 Å². The summed E-state index contributed by atoms with van der Waals surface area (Å²) >= 11 is 0. The van der Waals surface area contributed by atoms with E-state index in [2.05, 4.69) is 10.0 Å². The van der Waals surface area contributed by atoms with Crippen molar-refractivity contribution in [2.24, 2.45) is 0 Å². The molecule has 0 saturated heterocycles. The normalized spacial score (nSPS) is 12.0. The molecule has 1 aromatic carbocycles. The first-order chi connectivity index (χ1) is 12.1. The van der Waals surface area contributed by atoms with Gasteiger partial charge in [0.1, 0.15) is 0 Å². The molecular formula is C19H33N3O3S. The first kappa shape index (κ1) is 22.4. The lowest BCUT2D eigenvalue weighted by Crippen LogP contribution is -2.45.